The van der Waals surface area contributed by atoms with E-state index in [1.165, 1.54) is 11.6 Å². The van der Waals surface area contributed by atoms with Gasteiger partial charge in [0.2, 0.25) is 0 Å². The van der Waals surface area contributed by atoms with Crippen LogP contribution in [0.4, 0.5) is 0 Å². The fourth-order valence-electron chi connectivity index (χ4n) is 4.45. The molecule has 0 amide bonds. The van der Waals surface area contributed by atoms with Gasteiger partial charge in [0.15, 0.2) is 28.6 Å². The average Bonchev–Trinajstić information content (AvgIpc) is 3.38. The molecule has 2 aliphatic rings. The number of aliphatic imine (C=N–C) groups is 1. The van der Waals surface area contributed by atoms with E-state index < -0.39 is 17.3 Å². The van der Waals surface area contributed by atoms with Crippen LogP contribution >= 0.6 is 0 Å². The Morgan fingerprint density at radius 3 is 2.45 bits per heavy atom. The Morgan fingerprint density at radius 1 is 1.09 bits per heavy atom. The molecule has 0 aliphatic carbocycles. The van der Waals surface area contributed by atoms with E-state index in [1.54, 1.807) is 13.3 Å². The number of rotatable bonds is 6. The van der Waals surface area contributed by atoms with Gasteiger partial charge in [-0.05, 0) is 34.1 Å². The third kappa shape index (κ3) is 4.42. The second-order valence-electron chi connectivity index (χ2n) is 9.50. The maximum atomic E-state index is 12.8. The molecule has 0 radical (unpaired) electrons. The van der Waals surface area contributed by atoms with Crippen LogP contribution < -0.4 is 11.2 Å². The van der Waals surface area contributed by atoms with Crippen LogP contribution in [0.3, 0.4) is 0 Å². The minimum Gasteiger partial charge on any atom is -0.348 e. The van der Waals surface area contributed by atoms with Crippen LogP contribution in [0.15, 0.2) is 14.6 Å². The highest BCUT2D eigenvalue weighted by Gasteiger charge is 2.49. The second kappa shape index (κ2) is 8.46. The molecule has 4 rings (SSSR count). The normalized spacial score (nSPS) is 26.7. The molecule has 0 aromatic carbocycles. The summed E-state index contributed by atoms with van der Waals surface area (Å²) in [5.41, 5.74) is -0.0539. The highest BCUT2D eigenvalue weighted by Crippen LogP contribution is 2.35. The van der Waals surface area contributed by atoms with Crippen LogP contribution in [-0.4, -0.2) is 67.9 Å². The molecule has 0 bridgehead atoms. The summed E-state index contributed by atoms with van der Waals surface area (Å²) < 4.78 is 28.2. The number of hydrogen-bond donors (Lipinski definition) is 0. The highest BCUT2D eigenvalue weighted by molar-refractivity contribution is 5.83. The topological polar surface area (TPSA) is 111 Å². The Hall–Kier alpha value is -2.34. The van der Waals surface area contributed by atoms with E-state index in [9.17, 15) is 9.59 Å². The summed E-state index contributed by atoms with van der Waals surface area (Å²) in [6.45, 7) is 10.8. The third-order valence-electron chi connectivity index (χ3n) is 5.94. The predicted molar refractivity (Wildman–Crippen MR) is 122 cm³/mol. The van der Waals surface area contributed by atoms with E-state index in [0.717, 1.165) is 11.0 Å². The first-order valence-electron chi connectivity index (χ1n) is 11.3. The van der Waals surface area contributed by atoms with Crippen LogP contribution in [0.25, 0.3) is 11.2 Å². The summed E-state index contributed by atoms with van der Waals surface area (Å²) in [6, 6.07) is 0. The van der Waals surface area contributed by atoms with Gasteiger partial charge in [0.1, 0.15) is 18.3 Å². The first-order chi connectivity index (χ1) is 15.4. The van der Waals surface area contributed by atoms with Crippen molar-refractivity contribution in [3.63, 3.8) is 0 Å². The molecule has 33 heavy (non-hydrogen) atoms. The van der Waals surface area contributed by atoms with Crippen LogP contribution in [0.5, 0.6) is 0 Å². The minimum absolute atomic E-state index is 0.260. The first-order valence-corrected chi connectivity index (χ1v) is 11.3. The maximum absolute atomic E-state index is 12.8. The molecule has 2 aliphatic heterocycles. The second-order valence-corrected chi connectivity index (χ2v) is 9.50. The van der Waals surface area contributed by atoms with Crippen LogP contribution in [0, 0.1) is 0 Å². The fourth-order valence-corrected chi connectivity index (χ4v) is 4.45. The van der Waals surface area contributed by atoms with Gasteiger partial charge in [-0.25, -0.2) is 9.78 Å². The van der Waals surface area contributed by atoms with E-state index in [1.807, 2.05) is 39.2 Å². The molecule has 2 saturated heterocycles. The molecule has 11 heteroatoms. The summed E-state index contributed by atoms with van der Waals surface area (Å²) in [5, 5.41) is 0. The lowest BCUT2D eigenvalue weighted by molar-refractivity contribution is -0.174. The molecule has 2 fully saturated rings. The Morgan fingerprint density at radius 2 is 1.82 bits per heavy atom. The largest absolute Gasteiger partial charge is 0.348 e. The van der Waals surface area contributed by atoms with Crippen molar-refractivity contribution >= 4 is 17.4 Å². The van der Waals surface area contributed by atoms with Crippen LogP contribution in [0.1, 0.15) is 46.9 Å². The lowest BCUT2D eigenvalue weighted by atomic mass is 10.1. The number of imidazole rings is 1. The number of ether oxygens (including phenoxy) is 4. The quantitative estimate of drug-likeness (QED) is 0.586. The summed E-state index contributed by atoms with van der Waals surface area (Å²) in [6.07, 6.45) is 1.50. The van der Waals surface area contributed by atoms with Gasteiger partial charge in [-0.15, -0.1) is 0 Å². The van der Waals surface area contributed by atoms with E-state index in [4.69, 9.17) is 18.9 Å². The number of aromatic nitrogens is 4. The Bertz CT molecular complexity index is 1190. The predicted octanol–water partition coefficient (Wildman–Crippen LogP) is 0.934. The van der Waals surface area contributed by atoms with Crippen molar-refractivity contribution in [1.29, 1.82) is 0 Å². The smallest absolute Gasteiger partial charge is 0.332 e. The van der Waals surface area contributed by atoms with Gasteiger partial charge in [0, 0.05) is 20.6 Å². The third-order valence-corrected chi connectivity index (χ3v) is 5.94. The molecule has 182 valence electrons. The molecule has 0 spiro atoms. The van der Waals surface area contributed by atoms with Crippen molar-refractivity contribution in [2.24, 2.45) is 19.1 Å². The molecule has 2 aromatic heterocycles. The molecular formula is C22H33N5O6. The number of hydrogen-bond acceptors (Lipinski definition) is 8. The van der Waals surface area contributed by atoms with Gasteiger partial charge in [0.25, 0.3) is 5.56 Å². The lowest BCUT2D eigenvalue weighted by Crippen LogP contribution is -2.39. The first kappa shape index (κ1) is 23.8. The zero-order valence-electron chi connectivity index (χ0n) is 20.3. The van der Waals surface area contributed by atoms with Gasteiger partial charge in [-0.1, -0.05) is 6.92 Å². The number of nitrogens with zero attached hydrogens (tertiary/aromatic N) is 5. The van der Waals surface area contributed by atoms with Gasteiger partial charge in [-0.3, -0.25) is 18.9 Å². The molecule has 4 heterocycles. The Kier molecular flexibility index (Phi) is 6.10. The lowest BCUT2D eigenvalue weighted by Gasteiger charge is -2.23. The molecular weight excluding hydrogens is 430 g/mol. The van der Waals surface area contributed by atoms with Gasteiger partial charge in [-0.2, -0.15) is 0 Å². The van der Waals surface area contributed by atoms with Crippen molar-refractivity contribution in [2.75, 3.05) is 13.2 Å². The minimum atomic E-state index is -0.763. The summed E-state index contributed by atoms with van der Waals surface area (Å²) in [4.78, 5) is 34.3. The molecule has 3 unspecified atom stereocenters. The number of fused-ring (bicyclic) bond motifs is 1. The van der Waals surface area contributed by atoms with E-state index >= 15 is 0 Å². The van der Waals surface area contributed by atoms with Gasteiger partial charge >= 0.3 is 5.69 Å². The molecule has 3 atom stereocenters. The zero-order valence-corrected chi connectivity index (χ0v) is 20.3. The Labute approximate surface area is 191 Å². The maximum Gasteiger partial charge on any atom is 0.332 e. The van der Waals surface area contributed by atoms with E-state index in [-0.39, 0.29) is 23.9 Å². The van der Waals surface area contributed by atoms with E-state index in [2.05, 4.69) is 9.98 Å². The molecule has 2 aromatic rings. The summed E-state index contributed by atoms with van der Waals surface area (Å²) >= 11 is 0. The van der Waals surface area contributed by atoms with Crippen LogP contribution in [-0.2, 0) is 39.6 Å². The molecule has 0 N–H and O–H groups in total. The highest BCUT2D eigenvalue weighted by atomic mass is 16.8. The summed E-state index contributed by atoms with van der Waals surface area (Å²) in [5.74, 6) is -0.913. The van der Waals surface area contributed by atoms with Crippen molar-refractivity contribution in [2.45, 2.75) is 77.5 Å². The molecule has 11 nitrogen and oxygen atoms in total. The van der Waals surface area contributed by atoms with Crippen LogP contribution in [0.2, 0.25) is 0 Å². The van der Waals surface area contributed by atoms with Crippen molar-refractivity contribution in [1.82, 2.24) is 18.7 Å². The zero-order chi connectivity index (χ0) is 24.1. The molecule has 0 saturated carbocycles. The average molecular weight is 464 g/mol. The number of aryl methyl sites for hydroxylation is 2. The van der Waals surface area contributed by atoms with Crippen molar-refractivity contribution in [3.05, 3.63) is 26.7 Å². The van der Waals surface area contributed by atoms with E-state index in [0.29, 0.717) is 36.7 Å². The van der Waals surface area contributed by atoms with Gasteiger partial charge < -0.3 is 23.5 Å². The fraction of sp³-hybridized carbons (Fsp3) is 0.727. The van der Waals surface area contributed by atoms with Gasteiger partial charge in [0.05, 0.1) is 19.4 Å². The monoisotopic (exact) mass is 463 g/mol. The van der Waals surface area contributed by atoms with Crippen molar-refractivity contribution in [3.8, 4) is 0 Å². The SMILES string of the molecule is CCCn1c(C=NCC2OC(C)(C)OC2C2COC(C)(C)O2)nc2c1c(=O)n(C)c(=O)n2C. The standard InChI is InChI=1S/C22H33N5O6/c1-8-9-27-15(24-18-16(27)19(28)26(7)20(29)25(18)6)11-23-10-13-17(33-22(4,5)31-13)14-12-30-21(2,3)32-14/h11,13-14,17H,8-10,12H2,1-7H3. The Balaban J connectivity index is 1.62. The summed E-state index contributed by atoms with van der Waals surface area (Å²) in [7, 11) is 3.08. The van der Waals surface area contributed by atoms with Crippen molar-refractivity contribution < 1.29 is 18.9 Å².